The minimum absolute atomic E-state index is 0.0473. The van der Waals surface area contributed by atoms with Crippen molar-refractivity contribution in [1.29, 1.82) is 0 Å². The van der Waals surface area contributed by atoms with Gasteiger partial charge in [-0.2, -0.15) is 0 Å². The Hall–Kier alpha value is -0.970. The first kappa shape index (κ1) is 12.5. The van der Waals surface area contributed by atoms with Crippen LogP contribution in [0.2, 0.25) is 0 Å². The molecule has 0 aromatic rings. The Morgan fingerprint density at radius 2 is 1.91 bits per heavy atom. The fourth-order valence-electron chi connectivity index (χ4n) is 7.35. The zero-order chi connectivity index (χ0) is 15.2. The highest BCUT2D eigenvalue weighted by atomic mass is 16.6. The van der Waals surface area contributed by atoms with E-state index >= 15 is 0 Å². The van der Waals surface area contributed by atoms with Gasteiger partial charge in [-0.15, -0.1) is 0 Å². The van der Waals surface area contributed by atoms with Crippen molar-refractivity contribution >= 4 is 5.78 Å². The number of carbonyl (C=O) groups is 1. The topological polar surface area (TPSA) is 44.8 Å². The van der Waals surface area contributed by atoms with Crippen LogP contribution in [0.15, 0.2) is 24.3 Å². The van der Waals surface area contributed by atoms with Gasteiger partial charge in [0.05, 0.1) is 53.2 Å². The van der Waals surface area contributed by atoms with Gasteiger partial charge in [0.25, 0.3) is 0 Å². The Labute approximate surface area is 129 Å². The highest BCUT2D eigenvalue weighted by Gasteiger charge is 2.96. The first-order valence-electron chi connectivity index (χ1n) is 8.18. The van der Waals surface area contributed by atoms with E-state index < -0.39 is 22.0 Å². The predicted molar refractivity (Wildman–Crippen MR) is 77.1 cm³/mol. The first-order valence-corrected chi connectivity index (χ1v) is 8.18. The SMILES string of the molecule is C[C@@]12C(=O)[C@@]3(C)C=C[C@]1(C)OC[C@@]21[C@H]2C=C[C@]4(COCC413)O2. The minimum atomic E-state index is -0.561. The van der Waals surface area contributed by atoms with Crippen LogP contribution in [0, 0.1) is 21.7 Å². The summed E-state index contributed by atoms with van der Waals surface area (Å²) < 4.78 is 18.8. The van der Waals surface area contributed by atoms with Gasteiger partial charge in [0.15, 0.2) is 5.78 Å². The van der Waals surface area contributed by atoms with Crippen LogP contribution in [0.4, 0.5) is 0 Å². The summed E-state index contributed by atoms with van der Waals surface area (Å²) in [5.74, 6) is 0.314. The fraction of sp³-hybridized carbons (Fsp3) is 0.722. The van der Waals surface area contributed by atoms with Crippen LogP contribution in [0.1, 0.15) is 20.8 Å². The van der Waals surface area contributed by atoms with E-state index in [2.05, 4.69) is 45.1 Å². The van der Waals surface area contributed by atoms with Crippen LogP contribution in [0.3, 0.4) is 0 Å². The summed E-state index contributed by atoms with van der Waals surface area (Å²) in [6.07, 6.45) is 8.52. The number of Topliss-reactive ketones (excluding diaryl/α,β-unsaturated/α-hetero) is 1. The molecule has 7 atom stereocenters. The van der Waals surface area contributed by atoms with Crippen molar-refractivity contribution in [3.8, 4) is 0 Å². The normalized spacial score (nSPS) is 68.9. The van der Waals surface area contributed by atoms with Gasteiger partial charge in [-0.25, -0.2) is 0 Å². The molecule has 3 spiro atoms. The van der Waals surface area contributed by atoms with Crippen molar-refractivity contribution in [3.63, 3.8) is 0 Å². The van der Waals surface area contributed by atoms with Crippen molar-refractivity contribution in [3.05, 3.63) is 24.3 Å². The molecule has 2 aliphatic carbocycles. The number of rotatable bonds is 0. The average molecular weight is 300 g/mol. The molecule has 6 rings (SSSR count). The molecule has 0 aromatic carbocycles. The van der Waals surface area contributed by atoms with Gasteiger partial charge in [0.2, 0.25) is 0 Å². The second-order valence-electron chi connectivity index (χ2n) is 8.54. The molecule has 4 fully saturated rings. The number of ketones is 1. The lowest BCUT2D eigenvalue weighted by Crippen LogP contribution is -2.59. The standard InChI is InChI=1S/C18H20O4/c1-13-6-7-14(2)15(3,12(13)19)17(9-21-14)11-4-5-16(22-11)8-20-10-18(13,16)17/h4-7,11H,8-10H2,1-3H3/t11-,13-,14+,15-,16-,17-,18?/m1/s1. The predicted octanol–water partition coefficient (Wildman–Crippen LogP) is 1.65. The maximum atomic E-state index is 13.7. The Kier molecular flexibility index (Phi) is 1.58. The van der Waals surface area contributed by atoms with Crippen LogP contribution >= 0.6 is 0 Å². The highest BCUT2D eigenvalue weighted by Crippen LogP contribution is 2.86. The molecule has 116 valence electrons. The van der Waals surface area contributed by atoms with Crippen molar-refractivity contribution in [2.45, 2.75) is 38.1 Å². The molecule has 0 aromatic heterocycles. The van der Waals surface area contributed by atoms with Crippen LogP contribution < -0.4 is 0 Å². The zero-order valence-electron chi connectivity index (χ0n) is 13.1. The first-order chi connectivity index (χ1) is 10.3. The molecule has 0 amide bonds. The molecule has 1 unspecified atom stereocenters. The Morgan fingerprint density at radius 1 is 1.09 bits per heavy atom. The summed E-state index contributed by atoms with van der Waals surface area (Å²) in [5.41, 5.74) is -2.78. The third-order valence-corrected chi connectivity index (χ3v) is 8.51. The quantitative estimate of drug-likeness (QED) is 0.638. The smallest absolute Gasteiger partial charge is 0.153 e. The lowest BCUT2D eigenvalue weighted by molar-refractivity contribution is -0.146. The Morgan fingerprint density at radius 3 is 2.73 bits per heavy atom. The molecule has 22 heavy (non-hydrogen) atoms. The van der Waals surface area contributed by atoms with Gasteiger partial charge < -0.3 is 14.2 Å². The molecule has 4 nitrogen and oxygen atoms in total. The summed E-state index contributed by atoms with van der Waals surface area (Å²) >= 11 is 0. The zero-order valence-corrected chi connectivity index (χ0v) is 13.1. The van der Waals surface area contributed by atoms with Crippen molar-refractivity contribution in [1.82, 2.24) is 0 Å². The summed E-state index contributed by atoms with van der Waals surface area (Å²) in [6.45, 7) is 7.98. The summed E-state index contributed by atoms with van der Waals surface area (Å²) in [6, 6.07) is 0. The number of fused-ring (bicyclic) bond motifs is 2. The molecule has 6 aliphatic rings. The third-order valence-electron chi connectivity index (χ3n) is 8.51. The molecule has 4 aliphatic heterocycles. The number of allylic oxidation sites excluding steroid dienone is 1. The summed E-state index contributed by atoms with van der Waals surface area (Å²) in [7, 11) is 0. The monoisotopic (exact) mass is 300 g/mol. The van der Waals surface area contributed by atoms with Crippen LogP contribution in [-0.4, -0.2) is 42.9 Å². The molecule has 4 heterocycles. The van der Waals surface area contributed by atoms with Crippen LogP contribution in [0.25, 0.3) is 0 Å². The molecule has 0 N–H and O–H groups in total. The lowest BCUT2D eigenvalue weighted by Gasteiger charge is -2.49. The Bertz CT molecular complexity index is 727. The molecule has 4 bridgehead atoms. The molecule has 4 heteroatoms. The van der Waals surface area contributed by atoms with Gasteiger partial charge in [0.1, 0.15) is 5.60 Å². The van der Waals surface area contributed by atoms with Crippen molar-refractivity contribution < 1.29 is 19.0 Å². The van der Waals surface area contributed by atoms with Crippen molar-refractivity contribution in [2.24, 2.45) is 21.7 Å². The fourth-order valence-corrected chi connectivity index (χ4v) is 7.35. The van der Waals surface area contributed by atoms with E-state index in [4.69, 9.17) is 14.2 Å². The van der Waals surface area contributed by atoms with Gasteiger partial charge in [-0.1, -0.05) is 24.3 Å². The second-order valence-corrected chi connectivity index (χ2v) is 8.54. The number of ether oxygens (including phenoxy) is 3. The van der Waals surface area contributed by atoms with E-state index in [1.165, 1.54) is 0 Å². The number of carbonyl (C=O) groups excluding carboxylic acids is 1. The van der Waals surface area contributed by atoms with Crippen LogP contribution in [-0.2, 0) is 19.0 Å². The minimum Gasteiger partial charge on any atom is -0.377 e. The lowest BCUT2D eigenvalue weighted by atomic mass is 9.47. The van der Waals surface area contributed by atoms with E-state index in [1.54, 1.807) is 0 Å². The van der Waals surface area contributed by atoms with E-state index in [0.717, 1.165) is 0 Å². The molecular formula is C18H20O4. The average Bonchev–Trinajstić information content (AvgIpc) is 3.20. The van der Waals surface area contributed by atoms with Gasteiger partial charge in [0, 0.05) is 0 Å². The van der Waals surface area contributed by atoms with E-state index in [9.17, 15) is 4.79 Å². The maximum Gasteiger partial charge on any atom is 0.153 e. The Balaban J connectivity index is 1.83. The number of hydrogen-bond donors (Lipinski definition) is 0. The van der Waals surface area contributed by atoms with Crippen molar-refractivity contribution in [2.75, 3.05) is 19.8 Å². The van der Waals surface area contributed by atoms with Gasteiger partial charge in [-0.3, -0.25) is 4.79 Å². The summed E-state index contributed by atoms with van der Waals surface area (Å²) in [4.78, 5) is 13.7. The second kappa shape index (κ2) is 2.79. The molecule has 3 saturated heterocycles. The van der Waals surface area contributed by atoms with E-state index in [0.29, 0.717) is 25.6 Å². The number of hydrogen-bond acceptors (Lipinski definition) is 4. The molecule has 0 radical (unpaired) electrons. The largest absolute Gasteiger partial charge is 0.377 e. The van der Waals surface area contributed by atoms with Crippen LogP contribution in [0.5, 0.6) is 0 Å². The summed E-state index contributed by atoms with van der Waals surface area (Å²) in [5, 5.41) is 0. The maximum absolute atomic E-state index is 13.7. The molecule has 1 saturated carbocycles. The van der Waals surface area contributed by atoms with E-state index in [1.807, 2.05) is 0 Å². The highest BCUT2D eigenvalue weighted by molar-refractivity contribution is 6.01. The third kappa shape index (κ3) is 0.685. The van der Waals surface area contributed by atoms with Gasteiger partial charge >= 0.3 is 0 Å². The molecular weight excluding hydrogens is 280 g/mol. The van der Waals surface area contributed by atoms with Gasteiger partial charge in [-0.05, 0) is 20.8 Å². The van der Waals surface area contributed by atoms with E-state index in [-0.39, 0.29) is 16.9 Å².